The first-order valence-electron chi connectivity index (χ1n) is 4.00. The predicted molar refractivity (Wildman–Crippen MR) is 46.4 cm³/mol. The maximum atomic E-state index is 6.17. The van der Waals surface area contributed by atoms with Crippen LogP contribution >= 0.6 is 11.3 Å². The summed E-state index contributed by atoms with van der Waals surface area (Å²) >= 11 is 1.68. The Kier molecular flexibility index (Phi) is 1.69. The first-order valence-corrected chi connectivity index (χ1v) is 4.88. The van der Waals surface area contributed by atoms with E-state index in [9.17, 15) is 0 Å². The Bertz CT molecular complexity index is 224. The molecule has 11 heavy (non-hydrogen) atoms. The molecule has 2 rings (SSSR count). The van der Waals surface area contributed by atoms with Gasteiger partial charge in [0.15, 0.2) is 0 Å². The monoisotopic (exact) mass is 168 g/mol. The van der Waals surface area contributed by atoms with Gasteiger partial charge in [-0.15, -0.1) is 11.3 Å². The molecule has 1 fully saturated rings. The Labute approximate surface area is 70.5 Å². The van der Waals surface area contributed by atoms with Crippen LogP contribution in [0.4, 0.5) is 0 Å². The molecule has 1 aromatic heterocycles. The highest BCUT2D eigenvalue weighted by molar-refractivity contribution is 7.09. The van der Waals surface area contributed by atoms with E-state index in [-0.39, 0.29) is 5.54 Å². The van der Waals surface area contributed by atoms with Gasteiger partial charge in [-0.1, -0.05) is 12.8 Å². The largest absolute Gasteiger partial charge is 0.319 e. The van der Waals surface area contributed by atoms with Gasteiger partial charge in [-0.05, 0) is 12.8 Å². The van der Waals surface area contributed by atoms with Gasteiger partial charge in [0.05, 0.1) is 5.54 Å². The Balaban J connectivity index is 2.27. The van der Waals surface area contributed by atoms with Crippen molar-refractivity contribution in [2.45, 2.75) is 31.2 Å². The second-order valence-corrected chi connectivity index (χ2v) is 4.10. The van der Waals surface area contributed by atoms with E-state index >= 15 is 0 Å². The smallest absolute Gasteiger partial charge is 0.112 e. The molecular formula is C8H12N2S. The molecule has 0 unspecified atom stereocenters. The normalized spacial score (nSPS) is 22.3. The molecule has 2 nitrogen and oxygen atoms in total. The SMILES string of the molecule is NC1(c2nccs2)CCCC1. The quantitative estimate of drug-likeness (QED) is 0.695. The molecule has 0 spiro atoms. The number of nitrogens with zero attached hydrogens (tertiary/aromatic N) is 1. The zero-order valence-electron chi connectivity index (χ0n) is 6.42. The maximum absolute atomic E-state index is 6.17. The molecule has 0 atom stereocenters. The average Bonchev–Trinajstić information content (AvgIpc) is 2.55. The maximum Gasteiger partial charge on any atom is 0.112 e. The molecule has 0 amide bonds. The van der Waals surface area contributed by atoms with E-state index < -0.39 is 0 Å². The number of nitrogens with two attached hydrogens (primary N) is 1. The van der Waals surface area contributed by atoms with E-state index in [0.29, 0.717) is 0 Å². The van der Waals surface area contributed by atoms with E-state index in [2.05, 4.69) is 4.98 Å². The Morgan fingerprint density at radius 3 is 2.73 bits per heavy atom. The first kappa shape index (κ1) is 7.25. The summed E-state index contributed by atoms with van der Waals surface area (Å²) in [5.74, 6) is 0. The van der Waals surface area contributed by atoms with Crippen molar-refractivity contribution in [3.63, 3.8) is 0 Å². The lowest BCUT2D eigenvalue weighted by Gasteiger charge is -2.19. The van der Waals surface area contributed by atoms with Crippen LogP contribution in [0.2, 0.25) is 0 Å². The number of hydrogen-bond donors (Lipinski definition) is 1. The summed E-state index contributed by atoms with van der Waals surface area (Å²) in [5.41, 5.74) is 6.10. The Morgan fingerprint density at radius 1 is 1.45 bits per heavy atom. The molecule has 1 aliphatic rings. The summed E-state index contributed by atoms with van der Waals surface area (Å²) in [6, 6.07) is 0. The zero-order chi connectivity index (χ0) is 7.73. The van der Waals surface area contributed by atoms with Crippen molar-refractivity contribution in [2.24, 2.45) is 5.73 Å². The van der Waals surface area contributed by atoms with Gasteiger partial charge in [0.1, 0.15) is 5.01 Å². The summed E-state index contributed by atoms with van der Waals surface area (Å²) in [6.07, 6.45) is 6.58. The summed E-state index contributed by atoms with van der Waals surface area (Å²) in [6.45, 7) is 0. The number of hydrogen-bond acceptors (Lipinski definition) is 3. The van der Waals surface area contributed by atoms with Crippen molar-refractivity contribution in [1.82, 2.24) is 4.98 Å². The van der Waals surface area contributed by atoms with Gasteiger partial charge in [-0.25, -0.2) is 4.98 Å². The van der Waals surface area contributed by atoms with Crippen LogP contribution in [0, 0.1) is 0 Å². The van der Waals surface area contributed by atoms with Gasteiger partial charge in [-0.2, -0.15) is 0 Å². The fourth-order valence-electron chi connectivity index (χ4n) is 1.69. The van der Waals surface area contributed by atoms with Crippen LogP contribution in [0.1, 0.15) is 30.7 Å². The van der Waals surface area contributed by atoms with Crippen LogP contribution in [0.15, 0.2) is 11.6 Å². The topological polar surface area (TPSA) is 38.9 Å². The van der Waals surface area contributed by atoms with E-state index in [1.807, 2.05) is 11.6 Å². The van der Waals surface area contributed by atoms with E-state index in [1.165, 1.54) is 12.8 Å². The predicted octanol–water partition coefficient (Wildman–Crippen LogP) is 1.87. The third-order valence-electron chi connectivity index (χ3n) is 2.35. The first-order chi connectivity index (χ1) is 5.31. The lowest BCUT2D eigenvalue weighted by molar-refractivity contribution is 0.459. The minimum atomic E-state index is -0.0752. The molecule has 0 aromatic carbocycles. The fourth-order valence-corrected chi connectivity index (χ4v) is 2.50. The van der Waals surface area contributed by atoms with Crippen molar-refractivity contribution in [2.75, 3.05) is 0 Å². The van der Waals surface area contributed by atoms with Crippen LogP contribution in [0.25, 0.3) is 0 Å². The van der Waals surface area contributed by atoms with Crippen molar-refractivity contribution >= 4 is 11.3 Å². The summed E-state index contributed by atoms with van der Waals surface area (Å²) in [5, 5.41) is 3.12. The number of thiazole rings is 1. The summed E-state index contributed by atoms with van der Waals surface area (Å²) < 4.78 is 0. The fraction of sp³-hybridized carbons (Fsp3) is 0.625. The summed E-state index contributed by atoms with van der Waals surface area (Å²) in [7, 11) is 0. The molecule has 60 valence electrons. The molecule has 0 bridgehead atoms. The molecule has 0 saturated heterocycles. The van der Waals surface area contributed by atoms with Crippen LogP contribution in [0.5, 0.6) is 0 Å². The van der Waals surface area contributed by atoms with Crippen molar-refractivity contribution in [1.29, 1.82) is 0 Å². The highest BCUT2D eigenvalue weighted by Crippen LogP contribution is 2.36. The van der Waals surface area contributed by atoms with Gasteiger partial charge in [0.2, 0.25) is 0 Å². The molecule has 0 radical (unpaired) electrons. The molecule has 0 aliphatic heterocycles. The average molecular weight is 168 g/mol. The van der Waals surface area contributed by atoms with E-state index in [0.717, 1.165) is 17.8 Å². The van der Waals surface area contributed by atoms with Gasteiger partial charge in [0, 0.05) is 11.6 Å². The third kappa shape index (κ3) is 1.19. The molecule has 1 aliphatic carbocycles. The van der Waals surface area contributed by atoms with Crippen LogP contribution in [-0.2, 0) is 5.54 Å². The summed E-state index contributed by atoms with van der Waals surface area (Å²) in [4.78, 5) is 4.26. The lowest BCUT2D eigenvalue weighted by atomic mass is 10.0. The van der Waals surface area contributed by atoms with Gasteiger partial charge in [0.25, 0.3) is 0 Å². The van der Waals surface area contributed by atoms with Crippen LogP contribution in [0.3, 0.4) is 0 Å². The lowest BCUT2D eigenvalue weighted by Crippen LogP contribution is -2.32. The van der Waals surface area contributed by atoms with Crippen molar-refractivity contribution in [3.05, 3.63) is 16.6 Å². The third-order valence-corrected chi connectivity index (χ3v) is 3.35. The van der Waals surface area contributed by atoms with Gasteiger partial charge >= 0.3 is 0 Å². The molecule has 3 heteroatoms. The number of rotatable bonds is 1. The van der Waals surface area contributed by atoms with Gasteiger partial charge < -0.3 is 5.73 Å². The Hall–Kier alpha value is -0.410. The second kappa shape index (κ2) is 2.57. The Morgan fingerprint density at radius 2 is 2.18 bits per heavy atom. The molecule has 1 saturated carbocycles. The van der Waals surface area contributed by atoms with Crippen LogP contribution < -0.4 is 5.73 Å². The zero-order valence-corrected chi connectivity index (χ0v) is 7.23. The molecule has 1 heterocycles. The minimum absolute atomic E-state index is 0.0752. The van der Waals surface area contributed by atoms with Crippen LogP contribution in [-0.4, -0.2) is 4.98 Å². The van der Waals surface area contributed by atoms with E-state index in [1.54, 1.807) is 11.3 Å². The minimum Gasteiger partial charge on any atom is -0.319 e. The second-order valence-electron chi connectivity index (χ2n) is 3.20. The molecule has 1 aromatic rings. The van der Waals surface area contributed by atoms with E-state index in [4.69, 9.17) is 5.73 Å². The highest BCUT2D eigenvalue weighted by atomic mass is 32.1. The van der Waals surface area contributed by atoms with Gasteiger partial charge in [-0.3, -0.25) is 0 Å². The molecule has 2 N–H and O–H groups in total. The van der Waals surface area contributed by atoms with Crippen molar-refractivity contribution < 1.29 is 0 Å². The van der Waals surface area contributed by atoms with Crippen molar-refractivity contribution in [3.8, 4) is 0 Å². The molecular weight excluding hydrogens is 156 g/mol. The highest BCUT2D eigenvalue weighted by Gasteiger charge is 2.33. The number of aromatic nitrogens is 1. The standard InChI is InChI=1S/C8H12N2S/c9-8(3-1-2-4-8)7-10-5-6-11-7/h5-6H,1-4,9H2.